The zero-order valence-electron chi connectivity index (χ0n) is 16.6. The molecule has 1 unspecified atom stereocenters. The lowest BCUT2D eigenvalue weighted by Gasteiger charge is -2.40. The maximum atomic E-state index is 14.7. The Balaban J connectivity index is 1.92. The van der Waals surface area contributed by atoms with Crippen LogP contribution in [0.25, 0.3) is 5.70 Å². The molecule has 0 spiro atoms. The SMILES string of the molecule is NC(N)=C(/C=C(\N)c1ccccc1O)N1CCC(F)(F)C(c2ccc(C(=O)O)cc2)C1. The maximum absolute atomic E-state index is 14.7. The number of phenols is 1. The summed E-state index contributed by atoms with van der Waals surface area (Å²) in [5, 5.41) is 19.0. The van der Waals surface area contributed by atoms with Gasteiger partial charge in [0, 0.05) is 30.8 Å². The van der Waals surface area contributed by atoms with Crippen molar-refractivity contribution in [3.63, 3.8) is 0 Å². The number of hydrogen-bond acceptors (Lipinski definition) is 6. The molecule has 1 saturated heterocycles. The van der Waals surface area contributed by atoms with Gasteiger partial charge in [0.05, 0.1) is 17.2 Å². The van der Waals surface area contributed by atoms with Crippen molar-refractivity contribution in [2.45, 2.75) is 18.3 Å². The van der Waals surface area contributed by atoms with E-state index in [2.05, 4.69) is 0 Å². The summed E-state index contributed by atoms with van der Waals surface area (Å²) in [5.41, 5.74) is 18.9. The predicted molar refractivity (Wildman–Crippen MR) is 113 cm³/mol. The van der Waals surface area contributed by atoms with E-state index in [0.717, 1.165) is 0 Å². The van der Waals surface area contributed by atoms with Crippen LogP contribution in [0.2, 0.25) is 0 Å². The number of aromatic carboxylic acids is 1. The molecule has 7 nitrogen and oxygen atoms in total. The van der Waals surface area contributed by atoms with Gasteiger partial charge in [-0.1, -0.05) is 24.3 Å². The minimum Gasteiger partial charge on any atom is -0.507 e. The van der Waals surface area contributed by atoms with Crippen LogP contribution in [-0.2, 0) is 0 Å². The minimum absolute atomic E-state index is 0.00546. The molecule has 1 heterocycles. The van der Waals surface area contributed by atoms with Crippen molar-refractivity contribution >= 4 is 11.7 Å². The molecule has 0 radical (unpaired) electrons. The number of halogens is 2. The molecule has 8 N–H and O–H groups in total. The van der Waals surface area contributed by atoms with Crippen LogP contribution in [0.3, 0.4) is 0 Å². The number of nitrogens with two attached hydrogens (primary N) is 3. The van der Waals surface area contributed by atoms with Crippen LogP contribution >= 0.6 is 0 Å². The van der Waals surface area contributed by atoms with E-state index in [4.69, 9.17) is 22.3 Å². The molecule has 9 heteroatoms. The maximum Gasteiger partial charge on any atom is 0.335 e. The van der Waals surface area contributed by atoms with Crippen molar-refractivity contribution < 1.29 is 23.8 Å². The number of para-hydroxylation sites is 1. The lowest BCUT2D eigenvalue weighted by atomic mass is 9.86. The Morgan fingerprint density at radius 3 is 2.32 bits per heavy atom. The van der Waals surface area contributed by atoms with E-state index in [1.807, 2.05) is 0 Å². The number of rotatable bonds is 5. The molecular formula is C22H24F2N4O3. The summed E-state index contributed by atoms with van der Waals surface area (Å²) in [6, 6.07) is 11.8. The number of likely N-dealkylation sites (tertiary alicyclic amines) is 1. The molecular weight excluding hydrogens is 406 g/mol. The van der Waals surface area contributed by atoms with E-state index < -0.39 is 24.2 Å². The summed E-state index contributed by atoms with van der Waals surface area (Å²) >= 11 is 0. The third-order valence-corrected chi connectivity index (χ3v) is 5.33. The number of carbonyl (C=O) groups is 1. The van der Waals surface area contributed by atoms with Crippen LogP contribution in [-0.4, -0.2) is 40.1 Å². The second-order valence-corrected chi connectivity index (χ2v) is 7.39. The summed E-state index contributed by atoms with van der Waals surface area (Å²) in [5.74, 6) is -5.45. The van der Waals surface area contributed by atoms with Crippen LogP contribution in [0.1, 0.15) is 33.8 Å². The molecule has 1 fully saturated rings. The first-order valence-corrected chi connectivity index (χ1v) is 9.57. The number of nitrogens with zero attached hydrogens (tertiary/aromatic N) is 1. The quantitative estimate of drug-likeness (QED) is 0.460. The number of allylic oxidation sites excluding steroid dienone is 1. The van der Waals surface area contributed by atoms with Crippen LogP contribution < -0.4 is 17.2 Å². The van der Waals surface area contributed by atoms with Gasteiger partial charge in [-0.3, -0.25) is 0 Å². The highest BCUT2D eigenvalue weighted by Crippen LogP contribution is 2.41. The molecule has 1 aliphatic rings. The van der Waals surface area contributed by atoms with Gasteiger partial charge in [-0.25, -0.2) is 13.6 Å². The number of benzene rings is 2. The number of carboxylic acid groups (broad SMARTS) is 1. The van der Waals surface area contributed by atoms with Gasteiger partial charge in [-0.15, -0.1) is 0 Å². The van der Waals surface area contributed by atoms with Crippen molar-refractivity contribution in [2.75, 3.05) is 13.1 Å². The average Bonchev–Trinajstić information content (AvgIpc) is 2.72. The number of carboxylic acids is 1. The number of alkyl halides is 2. The molecule has 31 heavy (non-hydrogen) atoms. The fourth-order valence-electron chi connectivity index (χ4n) is 3.63. The Morgan fingerprint density at radius 1 is 1.10 bits per heavy atom. The first kappa shape index (κ1) is 21.9. The van der Waals surface area contributed by atoms with Gasteiger partial charge in [0.1, 0.15) is 11.6 Å². The monoisotopic (exact) mass is 430 g/mol. The molecule has 164 valence electrons. The predicted octanol–water partition coefficient (Wildman–Crippen LogP) is 2.60. The van der Waals surface area contributed by atoms with Gasteiger partial charge in [-0.05, 0) is 35.9 Å². The van der Waals surface area contributed by atoms with Crippen molar-refractivity contribution in [3.8, 4) is 5.75 Å². The van der Waals surface area contributed by atoms with Crippen molar-refractivity contribution in [1.29, 1.82) is 0 Å². The molecule has 0 amide bonds. The summed E-state index contributed by atoms with van der Waals surface area (Å²) in [7, 11) is 0. The van der Waals surface area contributed by atoms with Gasteiger partial charge >= 0.3 is 5.97 Å². The number of piperidine rings is 1. The molecule has 2 aromatic carbocycles. The fraction of sp³-hybridized carbons (Fsp3) is 0.227. The Morgan fingerprint density at radius 2 is 1.74 bits per heavy atom. The summed E-state index contributed by atoms with van der Waals surface area (Å²) in [4.78, 5) is 12.7. The molecule has 0 bridgehead atoms. The Hall–Kier alpha value is -3.75. The smallest absolute Gasteiger partial charge is 0.335 e. The first-order chi connectivity index (χ1) is 14.6. The Kier molecular flexibility index (Phi) is 6.05. The Bertz CT molecular complexity index is 1030. The van der Waals surface area contributed by atoms with Gasteiger partial charge in [0.15, 0.2) is 0 Å². The molecule has 2 aromatic rings. The second-order valence-electron chi connectivity index (χ2n) is 7.39. The molecule has 0 aliphatic carbocycles. The molecule has 0 aromatic heterocycles. The first-order valence-electron chi connectivity index (χ1n) is 9.57. The molecule has 1 atom stereocenters. The van der Waals surface area contributed by atoms with Gasteiger partial charge in [0.2, 0.25) is 0 Å². The topological polar surface area (TPSA) is 139 Å². The van der Waals surface area contributed by atoms with Crippen molar-refractivity contribution in [2.24, 2.45) is 17.2 Å². The number of phenolic OH excluding ortho intramolecular Hbond substituents is 1. The highest BCUT2D eigenvalue weighted by molar-refractivity contribution is 5.87. The molecule has 0 saturated carbocycles. The van der Waals surface area contributed by atoms with Gasteiger partial charge < -0.3 is 32.3 Å². The van der Waals surface area contributed by atoms with E-state index in [9.17, 15) is 18.7 Å². The number of hydrogen-bond donors (Lipinski definition) is 5. The van der Waals surface area contributed by atoms with Gasteiger partial charge in [0.25, 0.3) is 5.92 Å². The van der Waals surface area contributed by atoms with Crippen LogP contribution in [0.5, 0.6) is 5.75 Å². The zero-order chi connectivity index (χ0) is 22.8. The van der Waals surface area contributed by atoms with Crippen LogP contribution in [0.15, 0.2) is 66.1 Å². The average molecular weight is 430 g/mol. The summed E-state index contributed by atoms with van der Waals surface area (Å²) in [6.45, 7) is -0.105. The second kappa shape index (κ2) is 8.55. The third kappa shape index (κ3) is 4.71. The highest BCUT2D eigenvalue weighted by Gasteiger charge is 2.45. The van der Waals surface area contributed by atoms with Gasteiger partial charge in [-0.2, -0.15) is 0 Å². The lowest BCUT2D eigenvalue weighted by molar-refractivity contribution is -0.0693. The third-order valence-electron chi connectivity index (χ3n) is 5.33. The minimum atomic E-state index is -3.00. The van der Waals surface area contributed by atoms with Crippen molar-refractivity contribution in [1.82, 2.24) is 4.90 Å². The largest absolute Gasteiger partial charge is 0.507 e. The lowest BCUT2D eigenvalue weighted by Crippen LogP contribution is -2.46. The van der Waals surface area contributed by atoms with E-state index in [1.54, 1.807) is 23.1 Å². The fourth-order valence-corrected chi connectivity index (χ4v) is 3.63. The summed E-state index contributed by atoms with van der Waals surface area (Å²) < 4.78 is 29.5. The van der Waals surface area contributed by atoms with E-state index in [0.29, 0.717) is 11.1 Å². The van der Waals surface area contributed by atoms with Crippen LogP contribution in [0, 0.1) is 0 Å². The normalized spacial score (nSPS) is 18.5. The van der Waals surface area contributed by atoms with Crippen molar-refractivity contribution in [3.05, 3.63) is 82.8 Å². The van der Waals surface area contributed by atoms with Crippen LogP contribution in [0.4, 0.5) is 8.78 Å². The standard InChI is InChI=1S/C22H24F2N4O3/c23-22(24)9-10-28(12-16(22)13-5-7-14(8-6-13)21(30)31)18(20(26)27)11-17(25)15-3-1-2-4-19(15)29/h1-8,11,16,29H,9-10,12,25-27H2,(H,30,31)/b17-11-. The van der Waals surface area contributed by atoms with E-state index in [-0.39, 0.29) is 41.6 Å². The summed E-state index contributed by atoms with van der Waals surface area (Å²) in [6.07, 6.45) is 1.01. The molecule has 3 rings (SSSR count). The van der Waals surface area contributed by atoms with E-state index >= 15 is 0 Å². The Labute approximate surface area is 178 Å². The highest BCUT2D eigenvalue weighted by atomic mass is 19.3. The van der Waals surface area contributed by atoms with E-state index in [1.165, 1.54) is 36.4 Å². The number of aromatic hydroxyl groups is 1. The zero-order valence-corrected chi connectivity index (χ0v) is 16.6. The molecule has 1 aliphatic heterocycles.